The lowest BCUT2D eigenvalue weighted by atomic mass is 9.70. The van der Waals surface area contributed by atoms with Crippen LogP contribution in [0.25, 0.3) is 0 Å². The molecule has 0 aromatic heterocycles. The fourth-order valence-electron chi connectivity index (χ4n) is 4.49. The zero-order valence-corrected chi connectivity index (χ0v) is 16.5. The highest BCUT2D eigenvalue weighted by molar-refractivity contribution is 6.64. The van der Waals surface area contributed by atoms with E-state index < -0.39 is 8.80 Å². The Balaban J connectivity index is 6.32. The van der Waals surface area contributed by atoms with Gasteiger partial charge in [-0.15, -0.1) is 0 Å². The summed E-state index contributed by atoms with van der Waals surface area (Å²) in [4.78, 5) is 0. The first-order valence-electron chi connectivity index (χ1n) is 8.12. The van der Waals surface area contributed by atoms with Crippen molar-refractivity contribution >= 4 is 8.80 Å². The van der Waals surface area contributed by atoms with Crippen molar-refractivity contribution < 1.29 is 13.3 Å². The van der Waals surface area contributed by atoms with Gasteiger partial charge in [0.25, 0.3) is 0 Å². The zero-order chi connectivity index (χ0) is 16.8. The van der Waals surface area contributed by atoms with E-state index in [0.717, 1.165) is 12.8 Å². The van der Waals surface area contributed by atoms with Crippen LogP contribution in [-0.4, -0.2) is 36.2 Å². The molecule has 0 bridgehead atoms. The van der Waals surface area contributed by atoms with Gasteiger partial charge in [0.15, 0.2) is 0 Å². The topological polar surface area (TPSA) is 53.7 Å². The Morgan fingerprint density at radius 3 is 1.48 bits per heavy atom. The van der Waals surface area contributed by atoms with Gasteiger partial charge in [-0.2, -0.15) is 0 Å². The molecule has 0 aromatic carbocycles. The van der Waals surface area contributed by atoms with Gasteiger partial charge in [0.2, 0.25) is 0 Å². The molecule has 5 heteroatoms. The lowest BCUT2D eigenvalue weighted by molar-refractivity contribution is 0.0228. The van der Waals surface area contributed by atoms with Crippen LogP contribution in [0.2, 0.25) is 5.04 Å². The lowest BCUT2D eigenvalue weighted by Crippen LogP contribution is -2.64. The third kappa shape index (κ3) is 3.53. The minimum Gasteiger partial charge on any atom is -0.376 e. The van der Waals surface area contributed by atoms with Gasteiger partial charge < -0.3 is 19.0 Å². The summed E-state index contributed by atoms with van der Waals surface area (Å²) in [5, 5.41) is -0.199. The highest BCUT2D eigenvalue weighted by Crippen LogP contribution is 2.59. The van der Waals surface area contributed by atoms with Gasteiger partial charge in [-0.1, -0.05) is 41.0 Å². The molecule has 0 aliphatic rings. The minimum absolute atomic E-state index is 0.0714. The van der Waals surface area contributed by atoms with Gasteiger partial charge in [0.1, 0.15) is 0 Å². The second-order valence-corrected chi connectivity index (χ2v) is 9.87. The van der Waals surface area contributed by atoms with Crippen LogP contribution < -0.4 is 5.73 Å². The third-order valence-corrected chi connectivity index (χ3v) is 9.29. The van der Waals surface area contributed by atoms with Gasteiger partial charge >= 0.3 is 8.80 Å². The normalized spacial score (nSPS) is 16.6. The summed E-state index contributed by atoms with van der Waals surface area (Å²) in [7, 11) is 2.27. The monoisotopic (exact) mass is 319 g/mol. The Bertz CT molecular complexity index is 275. The molecular formula is C16H37NO3Si. The molecule has 0 rings (SSSR count). The molecule has 0 saturated heterocycles. The van der Waals surface area contributed by atoms with Crippen LogP contribution in [0.4, 0.5) is 0 Å². The second-order valence-electron chi connectivity index (χ2n) is 6.67. The molecule has 0 radical (unpaired) electrons. The highest BCUT2D eigenvalue weighted by Gasteiger charge is 2.66. The molecule has 0 aliphatic carbocycles. The van der Waals surface area contributed by atoms with Crippen LogP contribution >= 0.6 is 0 Å². The summed E-state index contributed by atoms with van der Waals surface area (Å²) >= 11 is 0. The number of hydrogen-bond acceptors (Lipinski definition) is 4. The van der Waals surface area contributed by atoms with Crippen LogP contribution in [0.5, 0.6) is 0 Å². The van der Waals surface area contributed by atoms with Crippen molar-refractivity contribution in [1.29, 1.82) is 0 Å². The standard InChI is InChI=1S/C16H37NO3Si/c1-10-11-15(14(6)17)16(12(2)3,13(4)5)21(18-7,19-8)20-9/h12-15H,10-11,17H2,1-9H3. The highest BCUT2D eigenvalue weighted by atomic mass is 28.4. The predicted molar refractivity (Wildman–Crippen MR) is 91.2 cm³/mol. The van der Waals surface area contributed by atoms with Crippen LogP contribution in [0.3, 0.4) is 0 Å². The molecular weight excluding hydrogens is 282 g/mol. The summed E-state index contributed by atoms with van der Waals surface area (Å²) in [6.45, 7) is 13.3. The number of hydrogen-bond donors (Lipinski definition) is 1. The molecule has 0 heterocycles. The largest absolute Gasteiger partial charge is 0.507 e. The van der Waals surface area contributed by atoms with Crippen molar-refractivity contribution in [3.63, 3.8) is 0 Å². The van der Waals surface area contributed by atoms with Gasteiger partial charge in [-0.3, -0.25) is 0 Å². The van der Waals surface area contributed by atoms with E-state index in [2.05, 4.69) is 41.5 Å². The fraction of sp³-hybridized carbons (Fsp3) is 1.00. The molecule has 4 nitrogen and oxygen atoms in total. The van der Waals surface area contributed by atoms with E-state index in [1.54, 1.807) is 21.3 Å². The third-order valence-electron chi connectivity index (χ3n) is 5.10. The van der Waals surface area contributed by atoms with Crippen molar-refractivity contribution in [2.24, 2.45) is 23.5 Å². The van der Waals surface area contributed by atoms with Gasteiger partial charge in [0.05, 0.1) is 0 Å². The molecule has 21 heavy (non-hydrogen) atoms. The van der Waals surface area contributed by atoms with Gasteiger partial charge in [-0.25, -0.2) is 0 Å². The maximum Gasteiger partial charge on any atom is 0.507 e. The maximum atomic E-state index is 6.40. The van der Waals surface area contributed by atoms with Gasteiger partial charge in [-0.05, 0) is 31.1 Å². The first-order valence-corrected chi connectivity index (χ1v) is 9.85. The summed E-state index contributed by atoms with van der Waals surface area (Å²) in [6.07, 6.45) is 2.15. The van der Waals surface area contributed by atoms with E-state index in [9.17, 15) is 0 Å². The summed E-state index contributed by atoms with van der Waals surface area (Å²) in [5.41, 5.74) is 6.40. The fourth-order valence-corrected chi connectivity index (χ4v) is 8.32. The summed E-state index contributed by atoms with van der Waals surface area (Å²) in [5.74, 6) is 1.01. The van der Waals surface area contributed by atoms with E-state index in [-0.39, 0.29) is 11.1 Å². The van der Waals surface area contributed by atoms with Crippen molar-refractivity contribution in [3.8, 4) is 0 Å². The molecule has 0 aliphatic heterocycles. The number of rotatable bonds is 10. The van der Waals surface area contributed by atoms with Crippen LogP contribution in [-0.2, 0) is 13.3 Å². The van der Waals surface area contributed by atoms with Crippen LogP contribution in [0.1, 0.15) is 54.4 Å². The summed E-state index contributed by atoms with van der Waals surface area (Å²) < 4.78 is 17.8. The lowest BCUT2D eigenvalue weighted by Gasteiger charge is -2.54. The zero-order valence-electron chi connectivity index (χ0n) is 15.5. The smallest absolute Gasteiger partial charge is 0.376 e. The van der Waals surface area contributed by atoms with Crippen molar-refractivity contribution in [2.45, 2.75) is 65.5 Å². The Morgan fingerprint density at radius 2 is 1.29 bits per heavy atom. The molecule has 2 atom stereocenters. The molecule has 0 fully saturated rings. The molecule has 0 aromatic rings. The maximum absolute atomic E-state index is 6.40. The van der Waals surface area contributed by atoms with E-state index in [4.69, 9.17) is 19.0 Å². The molecule has 2 unspecified atom stereocenters. The first kappa shape index (κ1) is 21.1. The molecule has 0 amide bonds. The first-order chi connectivity index (χ1) is 9.71. The van der Waals surface area contributed by atoms with Crippen LogP contribution in [0.15, 0.2) is 0 Å². The average Bonchev–Trinajstić information content (AvgIpc) is 2.42. The quantitative estimate of drug-likeness (QED) is 0.624. The molecule has 2 N–H and O–H groups in total. The molecule has 128 valence electrons. The average molecular weight is 320 g/mol. The Labute approximate surface area is 133 Å². The Morgan fingerprint density at radius 1 is 0.905 bits per heavy atom. The van der Waals surface area contributed by atoms with Crippen molar-refractivity contribution in [3.05, 3.63) is 0 Å². The van der Waals surface area contributed by atoms with E-state index in [1.165, 1.54) is 0 Å². The van der Waals surface area contributed by atoms with E-state index in [0.29, 0.717) is 17.8 Å². The SMILES string of the molecule is CCCC(C(C)N)C(C(C)C)(C(C)C)[Si](OC)(OC)OC. The Kier molecular flexibility index (Phi) is 8.65. The summed E-state index contributed by atoms with van der Waals surface area (Å²) in [6, 6.07) is 0.0714. The predicted octanol–water partition coefficient (Wildman–Crippen LogP) is 3.68. The minimum atomic E-state index is -2.87. The van der Waals surface area contributed by atoms with Crippen molar-refractivity contribution in [1.82, 2.24) is 0 Å². The van der Waals surface area contributed by atoms with Gasteiger partial charge in [0, 0.05) is 32.4 Å². The van der Waals surface area contributed by atoms with Crippen LogP contribution in [0, 0.1) is 17.8 Å². The van der Waals surface area contributed by atoms with E-state index >= 15 is 0 Å². The molecule has 0 saturated carbocycles. The second kappa shape index (κ2) is 8.63. The Hall–Kier alpha value is 0.0569. The van der Waals surface area contributed by atoms with E-state index in [1.807, 2.05) is 0 Å². The number of nitrogens with two attached hydrogens (primary N) is 1. The van der Waals surface area contributed by atoms with Crippen molar-refractivity contribution in [2.75, 3.05) is 21.3 Å². The molecule has 0 spiro atoms.